The fourth-order valence-electron chi connectivity index (χ4n) is 1.41. The predicted octanol–water partition coefficient (Wildman–Crippen LogP) is 1.65. The molecule has 0 saturated carbocycles. The van der Waals surface area contributed by atoms with Gasteiger partial charge in [-0.2, -0.15) is 0 Å². The molecular weight excluding hydrogens is 201 g/mol. The number of amides is 1. The Morgan fingerprint density at radius 1 is 1.60 bits per heavy atom. The van der Waals surface area contributed by atoms with Crippen LogP contribution in [0.1, 0.15) is 24.1 Å². The van der Waals surface area contributed by atoms with Crippen LogP contribution in [0.3, 0.4) is 0 Å². The van der Waals surface area contributed by atoms with Gasteiger partial charge in [-0.05, 0) is 18.6 Å². The second kappa shape index (κ2) is 4.75. The molecule has 82 valence electrons. The summed E-state index contributed by atoms with van der Waals surface area (Å²) < 4.78 is 13.2. The molecule has 0 spiro atoms. The number of benzene rings is 1. The molecule has 4 nitrogen and oxygen atoms in total. The van der Waals surface area contributed by atoms with Gasteiger partial charge in [-0.25, -0.2) is 9.18 Å². The van der Waals surface area contributed by atoms with Gasteiger partial charge in [-0.3, -0.25) is 0 Å². The molecule has 0 heterocycles. The molecule has 1 unspecified atom stereocenters. The first-order valence-corrected chi connectivity index (χ1v) is 4.44. The Morgan fingerprint density at radius 2 is 2.27 bits per heavy atom. The van der Waals surface area contributed by atoms with Gasteiger partial charge in [-0.15, -0.1) is 0 Å². The van der Waals surface area contributed by atoms with Crippen molar-refractivity contribution < 1.29 is 19.4 Å². The average Bonchev–Trinajstić information content (AvgIpc) is 2.16. The van der Waals surface area contributed by atoms with E-state index in [0.717, 1.165) is 0 Å². The Labute approximate surface area is 86.4 Å². The topological polar surface area (TPSA) is 69.6 Å². The van der Waals surface area contributed by atoms with Gasteiger partial charge in [0.05, 0.1) is 12.6 Å². The van der Waals surface area contributed by atoms with Crippen molar-refractivity contribution in [2.45, 2.75) is 19.6 Å². The molecule has 0 fully saturated rings. The fourth-order valence-corrected chi connectivity index (χ4v) is 1.41. The lowest BCUT2D eigenvalue weighted by Gasteiger charge is -2.15. The van der Waals surface area contributed by atoms with E-state index in [0.29, 0.717) is 5.56 Å². The van der Waals surface area contributed by atoms with Gasteiger partial charge in [0, 0.05) is 5.56 Å². The fraction of sp³-hybridized carbons (Fsp3) is 0.300. The largest absolute Gasteiger partial charge is 0.465 e. The third-order valence-corrected chi connectivity index (χ3v) is 2.12. The first-order chi connectivity index (χ1) is 7.06. The van der Waals surface area contributed by atoms with Crippen LogP contribution < -0.4 is 5.32 Å². The number of carbonyl (C=O) groups is 1. The van der Waals surface area contributed by atoms with E-state index >= 15 is 0 Å². The van der Waals surface area contributed by atoms with Crippen LogP contribution in [0.4, 0.5) is 9.18 Å². The van der Waals surface area contributed by atoms with Gasteiger partial charge in [0.15, 0.2) is 0 Å². The minimum atomic E-state index is -1.18. The van der Waals surface area contributed by atoms with Gasteiger partial charge >= 0.3 is 6.09 Å². The first kappa shape index (κ1) is 11.5. The Balaban J connectivity index is 3.02. The summed E-state index contributed by atoms with van der Waals surface area (Å²) in [7, 11) is 0. The monoisotopic (exact) mass is 213 g/mol. The molecule has 3 N–H and O–H groups in total. The van der Waals surface area contributed by atoms with E-state index in [2.05, 4.69) is 5.32 Å². The van der Waals surface area contributed by atoms with Crippen LogP contribution >= 0.6 is 0 Å². The molecular formula is C10H12FNO3. The van der Waals surface area contributed by atoms with Crippen molar-refractivity contribution in [2.24, 2.45) is 0 Å². The van der Waals surface area contributed by atoms with Crippen LogP contribution in [-0.2, 0) is 6.61 Å². The summed E-state index contributed by atoms with van der Waals surface area (Å²) in [6.45, 7) is 1.13. The SMILES string of the molecule is CC(NC(=O)O)c1cccc(F)c1CO. The van der Waals surface area contributed by atoms with Gasteiger partial charge in [-0.1, -0.05) is 12.1 Å². The van der Waals surface area contributed by atoms with Crippen LogP contribution in [0, 0.1) is 5.82 Å². The number of hydrogen-bond donors (Lipinski definition) is 3. The summed E-state index contributed by atoms with van der Waals surface area (Å²) in [6.07, 6.45) is -1.18. The predicted molar refractivity (Wildman–Crippen MR) is 51.9 cm³/mol. The van der Waals surface area contributed by atoms with Crippen LogP contribution in [-0.4, -0.2) is 16.3 Å². The lowest BCUT2D eigenvalue weighted by molar-refractivity contribution is 0.190. The quantitative estimate of drug-likeness (QED) is 0.715. The molecule has 0 aliphatic heterocycles. The molecule has 1 atom stereocenters. The summed E-state index contributed by atoms with van der Waals surface area (Å²) in [5.74, 6) is -0.533. The van der Waals surface area contributed by atoms with Crippen LogP contribution in [0.5, 0.6) is 0 Å². The maximum atomic E-state index is 13.2. The average molecular weight is 213 g/mol. The van der Waals surface area contributed by atoms with Crippen LogP contribution in [0.25, 0.3) is 0 Å². The van der Waals surface area contributed by atoms with E-state index in [-0.39, 0.29) is 5.56 Å². The molecule has 1 aromatic rings. The summed E-state index contributed by atoms with van der Waals surface area (Å²) >= 11 is 0. The second-order valence-electron chi connectivity index (χ2n) is 3.14. The zero-order chi connectivity index (χ0) is 11.4. The molecule has 1 rings (SSSR count). The van der Waals surface area contributed by atoms with Gasteiger partial charge in [0.25, 0.3) is 0 Å². The molecule has 0 aliphatic carbocycles. The highest BCUT2D eigenvalue weighted by molar-refractivity contribution is 5.65. The molecule has 0 radical (unpaired) electrons. The molecule has 1 amide bonds. The van der Waals surface area contributed by atoms with E-state index in [1.165, 1.54) is 12.1 Å². The Morgan fingerprint density at radius 3 is 2.80 bits per heavy atom. The maximum Gasteiger partial charge on any atom is 0.405 e. The molecule has 0 bridgehead atoms. The number of hydrogen-bond acceptors (Lipinski definition) is 2. The Bertz CT molecular complexity index is 368. The number of nitrogens with one attached hydrogen (secondary N) is 1. The number of aliphatic hydroxyl groups is 1. The van der Waals surface area contributed by atoms with Crippen molar-refractivity contribution in [3.63, 3.8) is 0 Å². The third-order valence-electron chi connectivity index (χ3n) is 2.12. The van der Waals surface area contributed by atoms with Crippen molar-refractivity contribution >= 4 is 6.09 Å². The van der Waals surface area contributed by atoms with E-state index in [4.69, 9.17) is 10.2 Å². The molecule has 5 heteroatoms. The first-order valence-electron chi connectivity index (χ1n) is 4.44. The van der Waals surface area contributed by atoms with Crippen LogP contribution in [0.15, 0.2) is 18.2 Å². The van der Waals surface area contributed by atoms with Gasteiger partial charge in [0.1, 0.15) is 5.82 Å². The highest BCUT2D eigenvalue weighted by Gasteiger charge is 2.14. The molecule has 15 heavy (non-hydrogen) atoms. The Hall–Kier alpha value is -1.62. The third kappa shape index (κ3) is 2.66. The minimum Gasteiger partial charge on any atom is -0.465 e. The number of aliphatic hydroxyl groups excluding tert-OH is 1. The van der Waals surface area contributed by atoms with E-state index in [1.54, 1.807) is 13.0 Å². The highest BCUT2D eigenvalue weighted by atomic mass is 19.1. The van der Waals surface area contributed by atoms with E-state index < -0.39 is 24.6 Å². The number of halogens is 1. The molecule has 1 aromatic carbocycles. The summed E-state index contributed by atoms with van der Waals surface area (Å²) in [5.41, 5.74) is 0.568. The zero-order valence-corrected chi connectivity index (χ0v) is 8.20. The molecule has 0 saturated heterocycles. The lowest BCUT2D eigenvalue weighted by atomic mass is 10.0. The van der Waals surface area contributed by atoms with Crippen molar-refractivity contribution in [3.8, 4) is 0 Å². The van der Waals surface area contributed by atoms with Gasteiger partial charge < -0.3 is 15.5 Å². The maximum absolute atomic E-state index is 13.2. The summed E-state index contributed by atoms with van der Waals surface area (Å²) in [4.78, 5) is 10.4. The second-order valence-corrected chi connectivity index (χ2v) is 3.14. The minimum absolute atomic E-state index is 0.124. The zero-order valence-electron chi connectivity index (χ0n) is 8.20. The van der Waals surface area contributed by atoms with Crippen molar-refractivity contribution in [1.82, 2.24) is 5.32 Å². The molecule has 0 aromatic heterocycles. The van der Waals surface area contributed by atoms with Crippen molar-refractivity contribution in [1.29, 1.82) is 0 Å². The number of carboxylic acid groups (broad SMARTS) is 1. The van der Waals surface area contributed by atoms with Crippen LogP contribution in [0.2, 0.25) is 0 Å². The van der Waals surface area contributed by atoms with Crippen molar-refractivity contribution in [2.75, 3.05) is 0 Å². The summed E-state index contributed by atoms with van der Waals surface area (Å²) in [5, 5.41) is 19.7. The number of rotatable bonds is 3. The van der Waals surface area contributed by atoms with E-state index in [9.17, 15) is 9.18 Å². The van der Waals surface area contributed by atoms with Crippen molar-refractivity contribution in [3.05, 3.63) is 35.1 Å². The van der Waals surface area contributed by atoms with E-state index in [1.807, 2.05) is 0 Å². The smallest absolute Gasteiger partial charge is 0.405 e. The Kier molecular flexibility index (Phi) is 3.62. The lowest BCUT2D eigenvalue weighted by Crippen LogP contribution is -2.25. The summed E-state index contributed by atoms with van der Waals surface area (Å²) in [6, 6.07) is 3.72. The van der Waals surface area contributed by atoms with Gasteiger partial charge in [0.2, 0.25) is 0 Å². The highest BCUT2D eigenvalue weighted by Crippen LogP contribution is 2.20. The standard InChI is InChI=1S/C10H12FNO3/c1-6(12-10(14)15)7-3-2-4-9(11)8(7)5-13/h2-4,6,12-13H,5H2,1H3,(H,14,15). The molecule has 0 aliphatic rings. The normalized spacial score (nSPS) is 12.2.